The van der Waals surface area contributed by atoms with Crippen molar-refractivity contribution in [2.24, 2.45) is 0 Å². The molecule has 5 heteroatoms. The third kappa shape index (κ3) is 3.79. The lowest BCUT2D eigenvalue weighted by Crippen LogP contribution is -2.19. The van der Waals surface area contributed by atoms with E-state index in [0.29, 0.717) is 5.56 Å². The Hall–Kier alpha value is -2.69. The first-order valence-corrected chi connectivity index (χ1v) is 7.67. The zero-order valence-electron chi connectivity index (χ0n) is 14.5. The number of carbonyl (C=O) groups excluding carboxylic acids is 2. The maximum atomic E-state index is 12.3. The number of aryl methyl sites for hydroxylation is 1. The normalized spacial score (nSPS) is 11.2. The van der Waals surface area contributed by atoms with Crippen LogP contribution in [-0.4, -0.2) is 11.7 Å². The molecule has 0 atom stereocenters. The lowest BCUT2D eigenvalue weighted by atomic mass is 9.87. The number of amides is 1. The molecule has 0 spiro atoms. The molecule has 0 aliphatic heterocycles. The highest BCUT2D eigenvalue weighted by molar-refractivity contribution is 6.05. The average Bonchev–Trinajstić information content (AvgIpc) is 2.48. The summed E-state index contributed by atoms with van der Waals surface area (Å²) in [7, 11) is 0. The largest absolute Gasteiger partial charge is 0.426 e. The highest BCUT2D eigenvalue weighted by Gasteiger charge is 2.16. The van der Waals surface area contributed by atoms with Gasteiger partial charge in [-0.05, 0) is 43.0 Å². The van der Waals surface area contributed by atoms with Crippen molar-refractivity contribution in [3.63, 3.8) is 0 Å². The molecule has 126 valence electrons. The van der Waals surface area contributed by atoms with Gasteiger partial charge in [-0.15, -0.1) is 0 Å². The van der Waals surface area contributed by atoms with E-state index in [1.54, 1.807) is 12.1 Å². The van der Waals surface area contributed by atoms with E-state index in [1.807, 2.05) is 12.1 Å². The second-order valence-corrected chi connectivity index (χ2v) is 6.76. The molecule has 1 amide bonds. The molecule has 24 heavy (non-hydrogen) atoms. The highest BCUT2D eigenvalue weighted by atomic mass is 16.4. The molecule has 0 saturated carbocycles. The summed E-state index contributed by atoms with van der Waals surface area (Å²) in [6.45, 7) is 9.17. The van der Waals surface area contributed by atoms with Gasteiger partial charge in [0.05, 0.1) is 5.56 Å². The quantitative estimate of drug-likeness (QED) is 0.872. The van der Waals surface area contributed by atoms with Gasteiger partial charge in [-0.25, -0.2) is 4.79 Å². The van der Waals surface area contributed by atoms with Gasteiger partial charge in [0.25, 0.3) is 5.91 Å². The van der Waals surface area contributed by atoms with Gasteiger partial charge in [-0.3, -0.25) is 9.59 Å². The Morgan fingerprint density at radius 2 is 1.67 bits per heavy atom. The molecular formula is C19H21NO4. The summed E-state index contributed by atoms with van der Waals surface area (Å²) < 4.78 is 5.01. The highest BCUT2D eigenvalue weighted by Crippen LogP contribution is 2.22. The van der Waals surface area contributed by atoms with Crippen LogP contribution in [0.25, 0.3) is 0 Å². The fraction of sp³-hybridized carbons (Fsp3) is 0.316. The van der Waals surface area contributed by atoms with E-state index >= 15 is 0 Å². The molecule has 0 aliphatic carbocycles. The number of anilines is 1. The number of hydrogen-bond acceptors (Lipinski definition) is 4. The minimum absolute atomic E-state index is 0.0105. The van der Waals surface area contributed by atoms with Crippen molar-refractivity contribution in [1.29, 1.82) is 0 Å². The van der Waals surface area contributed by atoms with Crippen molar-refractivity contribution < 1.29 is 14.0 Å². The van der Waals surface area contributed by atoms with Crippen molar-refractivity contribution in [1.82, 2.24) is 0 Å². The van der Waals surface area contributed by atoms with Gasteiger partial charge in [-0.2, -0.15) is 0 Å². The lowest BCUT2D eigenvalue weighted by Gasteiger charge is -2.19. The Kier molecular flexibility index (Phi) is 4.73. The standard InChI is InChI=1S/C19H21NO4/c1-11(21)15-10-16(18(23)24-12(15)2)20-17(22)13-6-8-14(9-7-13)19(3,4)5/h6-10H,1-5H3,(H,20,22). The van der Waals surface area contributed by atoms with Crippen LogP contribution in [0.15, 0.2) is 39.5 Å². The molecule has 1 aromatic carbocycles. The van der Waals surface area contributed by atoms with Crippen LogP contribution in [0.2, 0.25) is 0 Å². The Labute approximate surface area is 140 Å². The first kappa shape index (κ1) is 17.7. The molecule has 0 bridgehead atoms. The van der Waals surface area contributed by atoms with Crippen LogP contribution in [-0.2, 0) is 5.41 Å². The topological polar surface area (TPSA) is 76.4 Å². The van der Waals surface area contributed by atoms with E-state index in [2.05, 4.69) is 26.1 Å². The molecule has 0 radical (unpaired) electrons. The summed E-state index contributed by atoms with van der Waals surface area (Å²) in [5.41, 5.74) is 1.06. The Morgan fingerprint density at radius 1 is 1.08 bits per heavy atom. The molecule has 5 nitrogen and oxygen atoms in total. The van der Waals surface area contributed by atoms with Crippen LogP contribution in [0.3, 0.4) is 0 Å². The molecular weight excluding hydrogens is 306 g/mol. The van der Waals surface area contributed by atoms with Gasteiger partial charge < -0.3 is 9.73 Å². The van der Waals surface area contributed by atoms with Gasteiger partial charge >= 0.3 is 5.63 Å². The lowest BCUT2D eigenvalue weighted by molar-refractivity contribution is 0.100. The van der Waals surface area contributed by atoms with Crippen LogP contribution in [0, 0.1) is 6.92 Å². The Balaban J connectivity index is 2.28. The molecule has 0 saturated heterocycles. The number of nitrogens with one attached hydrogen (secondary N) is 1. The zero-order valence-corrected chi connectivity index (χ0v) is 14.5. The third-order valence-corrected chi connectivity index (χ3v) is 3.77. The molecule has 2 rings (SSSR count). The van der Waals surface area contributed by atoms with Crippen molar-refractivity contribution >= 4 is 17.4 Å². The monoisotopic (exact) mass is 327 g/mol. The van der Waals surface area contributed by atoms with Crippen LogP contribution in [0.4, 0.5) is 5.69 Å². The van der Waals surface area contributed by atoms with Gasteiger partial charge in [0, 0.05) is 5.56 Å². The van der Waals surface area contributed by atoms with Crippen LogP contribution < -0.4 is 10.9 Å². The van der Waals surface area contributed by atoms with E-state index in [9.17, 15) is 14.4 Å². The third-order valence-electron chi connectivity index (χ3n) is 3.77. The summed E-state index contributed by atoms with van der Waals surface area (Å²) in [5, 5.41) is 2.51. The SMILES string of the molecule is CC(=O)c1cc(NC(=O)c2ccc(C(C)(C)C)cc2)c(=O)oc1C. The van der Waals surface area contributed by atoms with E-state index in [-0.39, 0.29) is 28.2 Å². The predicted molar refractivity (Wildman–Crippen MR) is 92.8 cm³/mol. The average molecular weight is 327 g/mol. The first-order valence-electron chi connectivity index (χ1n) is 7.67. The van der Waals surface area contributed by atoms with Gasteiger partial charge in [-0.1, -0.05) is 32.9 Å². The molecule has 0 fully saturated rings. The van der Waals surface area contributed by atoms with Gasteiger partial charge in [0.1, 0.15) is 11.4 Å². The van der Waals surface area contributed by atoms with E-state index in [1.165, 1.54) is 19.9 Å². The molecule has 1 heterocycles. The minimum atomic E-state index is -0.683. The summed E-state index contributed by atoms with van der Waals surface area (Å²) in [4.78, 5) is 35.7. The van der Waals surface area contributed by atoms with Crippen LogP contribution in [0.5, 0.6) is 0 Å². The second kappa shape index (κ2) is 6.43. The molecule has 0 aliphatic rings. The maximum absolute atomic E-state index is 12.3. The smallest absolute Gasteiger partial charge is 0.359 e. The van der Waals surface area contributed by atoms with Gasteiger partial charge in [0.15, 0.2) is 5.78 Å². The van der Waals surface area contributed by atoms with E-state index in [4.69, 9.17) is 4.42 Å². The summed E-state index contributed by atoms with van der Waals surface area (Å²) in [6, 6.07) is 8.53. The maximum Gasteiger partial charge on any atom is 0.359 e. The number of ketones is 1. The Morgan fingerprint density at radius 3 is 2.17 bits per heavy atom. The van der Waals surface area contributed by atoms with Crippen LogP contribution >= 0.6 is 0 Å². The number of rotatable bonds is 3. The first-order chi connectivity index (χ1) is 11.1. The van der Waals surface area contributed by atoms with Crippen molar-refractivity contribution in [3.05, 3.63) is 63.2 Å². The van der Waals surface area contributed by atoms with Crippen molar-refractivity contribution in [3.8, 4) is 0 Å². The number of Topliss-reactive ketones (excluding diaryl/α,β-unsaturated/α-hetero) is 1. The number of hydrogen-bond donors (Lipinski definition) is 1. The van der Waals surface area contributed by atoms with Crippen molar-refractivity contribution in [2.75, 3.05) is 5.32 Å². The molecule has 0 unspecified atom stereocenters. The Bertz CT molecular complexity index is 839. The fourth-order valence-electron chi connectivity index (χ4n) is 2.31. The second-order valence-electron chi connectivity index (χ2n) is 6.76. The summed E-state index contributed by atoms with van der Waals surface area (Å²) >= 11 is 0. The predicted octanol–water partition coefficient (Wildman–Crippen LogP) is 3.70. The molecule has 1 aromatic heterocycles. The van der Waals surface area contributed by atoms with Crippen molar-refractivity contribution in [2.45, 2.75) is 40.0 Å². The minimum Gasteiger partial charge on any atom is -0.426 e. The van der Waals surface area contributed by atoms with Crippen LogP contribution in [0.1, 0.15) is 59.7 Å². The number of carbonyl (C=O) groups is 2. The van der Waals surface area contributed by atoms with E-state index < -0.39 is 11.5 Å². The van der Waals surface area contributed by atoms with E-state index in [0.717, 1.165) is 5.56 Å². The number of benzene rings is 1. The fourth-order valence-corrected chi connectivity index (χ4v) is 2.31. The molecule has 2 aromatic rings. The molecule has 1 N–H and O–H groups in total. The summed E-state index contributed by atoms with van der Waals surface area (Å²) in [5.74, 6) is -0.428. The zero-order chi connectivity index (χ0) is 18.1. The van der Waals surface area contributed by atoms with Gasteiger partial charge in [0.2, 0.25) is 0 Å². The summed E-state index contributed by atoms with van der Waals surface area (Å²) in [6.07, 6.45) is 0.